The Kier molecular flexibility index (Phi) is 4.90. The Morgan fingerprint density at radius 3 is 2.70 bits per heavy atom. The third-order valence-electron chi connectivity index (χ3n) is 2.80. The summed E-state index contributed by atoms with van der Waals surface area (Å²) in [6.45, 7) is 5.37. The normalized spacial score (nSPS) is 12.1. The van der Waals surface area contributed by atoms with Crippen molar-refractivity contribution in [2.75, 3.05) is 24.2 Å². The second kappa shape index (κ2) is 6.86. The highest BCUT2D eigenvalue weighted by molar-refractivity contribution is 5.60. The van der Waals surface area contributed by atoms with E-state index in [-0.39, 0.29) is 6.10 Å². The molecule has 3 N–H and O–H groups in total. The van der Waals surface area contributed by atoms with E-state index in [4.69, 9.17) is 10.5 Å². The maximum atomic E-state index is 5.84. The van der Waals surface area contributed by atoms with Gasteiger partial charge in [-0.2, -0.15) is 0 Å². The molecule has 0 fully saturated rings. The number of aromatic nitrogens is 2. The number of anilines is 2. The molecule has 1 unspecified atom stereocenters. The average molecular weight is 272 g/mol. The van der Waals surface area contributed by atoms with Crippen LogP contribution in [0, 0.1) is 0 Å². The van der Waals surface area contributed by atoms with Gasteiger partial charge in [0, 0.05) is 24.8 Å². The quantitative estimate of drug-likeness (QED) is 0.845. The molecule has 0 aliphatic rings. The van der Waals surface area contributed by atoms with Crippen LogP contribution < -0.4 is 11.1 Å². The van der Waals surface area contributed by atoms with E-state index < -0.39 is 0 Å². The van der Waals surface area contributed by atoms with E-state index in [0.717, 1.165) is 5.56 Å². The Morgan fingerprint density at radius 2 is 2.00 bits per heavy atom. The van der Waals surface area contributed by atoms with Crippen molar-refractivity contribution in [3.8, 4) is 11.4 Å². The van der Waals surface area contributed by atoms with Crippen LogP contribution in [-0.2, 0) is 4.74 Å². The van der Waals surface area contributed by atoms with E-state index in [2.05, 4.69) is 15.3 Å². The fourth-order valence-electron chi connectivity index (χ4n) is 1.86. The summed E-state index contributed by atoms with van der Waals surface area (Å²) < 4.78 is 5.47. The monoisotopic (exact) mass is 272 g/mol. The van der Waals surface area contributed by atoms with Crippen molar-refractivity contribution in [1.82, 2.24) is 9.97 Å². The zero-order chi connectivity index (χ0) is 14.4. The molecule has 5 heteroatoms. The fraction of sp³-hybridized carbons (Fsp3) is 0.333. The molecule has 20 heavy (non-hydrogen) atoms. The number of hydrogen-bond donors (Lipinski definition) is 2. The summed E-state index contributed by atoms with van der Waals surface area (Å²) in [5.41, 5.74) is 6.78. The van der Waals surface area contributed by atoms with Crippen molar-refractivity contribution in [3.05, 3.63) is 36.4 Å². The van der Waals surface area contributed by atoms with Crippen molar-refractivity contribution < 1.29 is 4.74 Å². The molecule has 1 aromatic heterocycles. The lowest BCUT2D eigenvalue weighted by Crippen LogP contribution is -2.20. The molecule has 0 aliphatic heterocycles. The number of nitrogens with one attached hydrogen (secondary N) is 1. The molecule has 0 saturated heterocycles. The minimum Gasteiger partial charge on any atom is -0.384 e. The second-order valence-electron chi connectivity index (χ2n) is 4.51. The van der Waals surface area contributed by atoms with Crippen molar-refractivity contribution in [1.29, 1.82) is 0 Å². The number of nitrogen functional groups attached to an aromatic ring is 1. The lowest BCUT2D eigenvalue weighted by Gasteiger charge is -2.13. The molecule has 2 rings (SSSR count). The van der Waals surface area contributed by atoms with Gasteiger partial charge in [0.1, 0.15) is 11.6 Å². The van der Waals surface area contributed by atoms with E-state index >= 15 is 0 Å². The van der Waals surface area contributed by atoms with Gasteiger partial charge in [-0.25, -0.2) is 9.97 Å². The van der Waals surface area contributed by atoms with E-state index in [9.17, 15) is 0 Å². The fourth-order valence-corrected chi connectivity index (χ4v) is 1.86. The van der Waals surface area contributed by atoms with Crippen molar-refractivity contribution in [2.45, 2.75) is 20.0 Å². The lowest BCUT2D eigenvalue weighted by atomic mass is 10.2. The summed E-state index contributed by atoms with van der Waals surface area (Å²) in [5.74, 6) is 1.78. The molecule has 1 heterocycles. The topological polar surface area (TPSA) is 73.1 Å². The molecule has 1 aromatic carbocycles. The predicted octanol–water partition coefficient (Wildman–Crippen LogP) is 2.56. The van der Waals surface area contributed by atoms with Gasteiger partial charge in [-0.05, 0) is 13.8 Å². The Balaban J connectivity index is 2.13. The molecular weight excluding hydrogens is 252 g/mol. The van der Waals surface area contributed by atoms with Crippen LogP contribution in [0.4, 0.5) is 11.6 Å². The van der Waals surface area contributed by atoms with E-state index in [1.54, 1.807) is 6.07 Å². The minimum atomic E-state index is 0.122. The van der Waals surface area contributed by atoms with Gasteiger partial charge < -0.3 is 15.8 Å². The first-order valence-electron chi connectivity index (χ1n) is 6.74. The molecule has 0 bridgehead atoms. The van der Waals surface area contributed by atoms with Gasteiger partial charge in [-0.1, -0.05) is 30.3 Å². The maximum Gasteiger partial charge on any atom is 0.163 e. The van der Waals surface area contributed by atoms with Crippen LogP contribution in [0.5, 0.6) is 0 Å². The van der Waals surface area contributed by atoms with Crippen LogP contribution in [-0.4, -0.2) is 29.2 Å². The van der Waals surface area contributed by atoms with Crippen LogP contribution in [0.1, 0.15) is 13.8 Å². The van der Waals surface area contributed by atoms with E-state index in [1.165, 1.54) is 0 Å². The minimum absolute atomic E-state index is 0.122. The van der Waals surface area contributed by atoms with Crippen LogP contribution >= 0.6 is 0 Å². The van der Waals surface area contributed by atoms with Crippen LogP contribution in [0.2, 0.25) is 0 Å². The van der Waals surface area contributed by atoms with Crippen molar-refractivity contribution in [2.24, 2.45) is 0 Å². The first-order valence-corrected chi connectivity index (χ1v) is 6.74. The number of ether oxygens (including phenoxy) is 1. The Bertz CT molecular complexity index is 545. The zero-order valence-electron chi connectivity index (χ0n) is 11.8. The molecule has 0 radical (unpaired) electrons. The summed E-state index contributed by atoms with van der Waals surface area (Å²) in [7, 11) is 0. The van der Waals surface area contributed by atoms with Crippen molar-refractivity contribution >= 4 is 11.6 Å². The number of benzene rings is 1. The number of rotatable bonds is 6. The third kappa shape index (κ3) is 3.93. The average Bonchev–Trinajstić information content (AvgIpc) is 2.46. The highest BCUT2D eigenvalue weighted by atomic mass is 16.5. The molecule has 0 aliphatic carbocycles. The van der Waals surface area contributed by atoms with E-state index in [0.29, 0.717) is 30.6 Å². The lowest BCUT2D eigenvalue weighted by molar-refractivity contribution is 0.0855. The summed E-state index contributed by atoms with van der Waals surface area (Å²) in [6.07, 6.45) is 0.122. The molecule has 0 amide bonds. The molecule has 2 aromatic rings. The number of hydrogen-bond acceptors (Lipinski definition) is 5. The highest BCUT2D eigenvalue weighted by Crippen LogP contribution is 2.18. The zero-order valence-corrected chi connectivity index (χ0v) is 11.8. The maximum absolute atomic E-state index is 5.84. The van der Waals surface area contributed by atoms with Gasteiger partial charge in [0.15, 0.2) is 5.82 Å². The van der Waals surface area contributed by atoms with Crippen LogP contribution in [0.15, 0.2) is 36.4 Å². The van der Waals surface area contributed by atoms with Gasteiger partial charge in [0.2, 0.25) is 0 Å². The van der Waals surface area contributed by atoms with E-state index in [1.807, 2.05) is 44.2 Å². The van der Waals surface area contributed by atoms with Gasteiger partial charge in [-0.15, -0.1) is 0 Å². The molecular formula is C15H20N4O. The Hall–Kier alpha value is -2.14. The molecule has 1 atom stereocenters. The Labute approximate surface area is 119 Å². The SMILES string of the molecule is CCOC(C)CNc1cc(N)nc(-c2ccccc2)n1. The molecule has 0 spiro atoms. The summed E-state index contributed by atoms with van der Waals surface area (Å²) in [6, 6.07) is 11.5. The predicted molar refractivity (Wildman–Crippen MR) is 81.5 cm³/mol. The third-order valence-corrected chi connectivity index (χ3v) is 2.80. The number of nitrogens with zero attached hydrogens (tertiary/aromatic N) is 2. The highest BCUT2D eigenvalue weighted by Gasteiger charge is 2.06. The van der Waals surface area contributed by atoms with Gasteiger partial charge in [0.25, 0.3) is 0 Å². The van der Waals surface area contributed by atoms with Crippen molar-refractivity contribution in [3.63, 3.8) is 0 Å². The summed E-state index contributed by atoms with van der Waals surface area (Å²) in [4.78, 5) is 8.74. The van der Waals surface area contributed by atoms with Gasteiger partial charge in [-0.3, -0.25) is 0 Å². The summed E-state index contributed by atoms with van der Waals surface area (Å²) in [5, 5.41) is 3.22. The molecule has 5 nitrogen and oxygen atoms in total. The van der Waals surface area contributed by atoms with Gasteiger partial charge >= 0.3 is 0 Å². The van der Waals surface area contributed by atoms with Crippen LogP contribution in [0.25, 0.3) is 11.4 Å². The molecule has 0 saturated carbocycles. The van der Waals surface area contributed by atoms with Crippen LogP contribution in [0.3, 0.4) is 0 Å². The first kappa shape index (κ1) is 14.3. The number of nitrogens with two attached hydrogens (primary N) is 1. The second-order valence-corrected chi connectivity index (χ2v) is 4.51. The molecule has 106 valence electrons. The Morgan fingerprint density at radius 1 is 1.25 bits per heavy atom. The van der Waals surface area contributed by atoms with Gasteiger partial charge in [0.05, 0.1) is 6.10 Å². The smallest absolute Gasteiger partial charge is 0.163 e. The largest absolute Gasteiger partial charge is 0.384 e. The first-order chi connectivity index (χ1) is 9.69. The standard InChI is InChI=1S/C15H20N4O/c1-3-20-11(2)10-17-14-9-13(16)18-15(19-14)12-7-5-4-6-8-12/h4-9,11H,3,10H2,1-2H3,(H3,16,17,18,19). The summed E-state index contributed by atoms with van der Waals surface area (Å²) >= 11 is 0.